The Balaban J connectivity index is 2.07. The van der Waals surface area contributed by atoms with E-state index in [1.54, 1.807) is 6.07 Å². The maximum atomic E-state index is 10.1. The molecule has 0 bridgehead atoms. The van der Waals surface area contributed by atoms with Crippen LogP contribution in [0.15, 0.2) is 17.8 Å². The molecule has 1 N–H and O–H groups in total. The maximum Gasteiger partial charge on any atom is 0.138 e. The number of halogens is 1. The summed E-state index contributed by atoms with van der Waals surface area (Å²) in [6.07, 6.45) is 2.43. The largest absolute Gasteiger partial charge is 0.387 e. The molecule has 2 rings (SSSR count). The van der Waals surface area contributed by atoms with Gasteiger partial charge in [0.25, 0.3) is 0 Å². The van der Waals surface area contributed by atoms with Crippen molar-refractivity contribution in [2.45, 2.75) is 32.4 Å². The van der Waals surface area contributed by atoms with Crippen molar-refractivity contribution in [2.24, 2.45) is 0 Å². The van der Waals surface area contributed by atoms with Gasteiger partial charge in [-0.2, -0.15) is 5.10 Å². The Labute approximate surface area is 109 Å². The minimum absolute atomic E-state index is 0.469. The van der Waals surface area contributed by atoms with Gasteiger partial charge in [0.2, 0.25) is 0 Å². The summed E-state index contributed by atoms with van der Waals surface area (Å²) in [5, 5.41) is 16.7. The lowest BCUT2D eigenvalue weighted by atomic mass is 10.2. The highest BCUT2D eigenvalue weighted by Gasteiger charge is 2.14. The number of hydrogen-bond acceptors (Lipinski definition) is 4. The molecule has 0 aromatic carbocycles. The SMILES string of the molecule is CCCn1ncnc1CC(O)c1cc(Cl)cs1. The van der Waals surface area contributed by atoms with E-state index in [-0.39, 0.29) is 0 Å². The highest BCUT2D eigenvalue weighted by Crippen LogP contribution is 2.27. The van der Waals surface area contributed by atoms with Crippen molar-refractivity contribution < 1.29 is 5.11 Å². The third kappa shape index (κ3) is 3.06. The monoisotopic (exact) mass is 271 g/mol. The molecule has 2 aromatic rings. The van der Waals surface area contributed by atoms with Crippen molar-refractivity contribution in [3.8, 4) is 0 Å². The van der Waals surface area contributed by atoms with E-state index in [9.17, 15) is 5.11 Å². The quantitative estimate of drug-likeness (QED) is 0.910. The lowest BCUT2D eigenvalue weighted by Gasteiger charge is -2.09. The second-order valence-corrected chi connectivity index (χ2v) is 5.17. The van der Waals surface area contributed by atoms with Crippen LogP contribution < -0.4 is 0 Å². The van der Waals surface area contributed by atoms with Crippen molar-refractivity contribution in [2.75, 3.05) is 0 Å². The van der Waals surface area contributed by atoms with Gasteiger partial charge in [-0.1, -0.05) is 18.5 Å². The predicted octanol–water partition coefficient (Wildman–Crippen LogP) is 2.68. The fraction of sp³-hybridized carbons (Fsp3) is 0.455. The van der Waals surface area contributed by atoms with Gasteiger partial charge in [-0.15, -0.1) is 11.3 Å². The zero-order chi connectivity index (χ0) is 12.3. The molecular weight excluding hydrogens is 258 g/mol. The van der Waals surface area contributed by atoms with Crippen molar-refractivity contribution in [1.29, 1.82) is 0 Å². The molecule has 1 atom stereocenters. The van der Waals surface area contributed by atoms with Gasteiger partial charge in [0.15, 0.2) is 0 Å². The Morgan fingerprint density at radius 1 is 1.59 bits per heavy atom. The normalized spacial score (nSPS) is 12.9. The minimum Gasteiger partial charge on any atom is -0.387 e. The number of rotatable bonds is 5. The van der Waals surface area contributed by atoms with E-state index in [2.05, 4.69) is 17.0 Å². The maximum absolute atomic E-state index is 10.1. The number of aromatic nitrogens is 3. The zero-order valence-corrected chi connectivity index (χ0v) is 11.1. The van der Waals surface area contributed by atoms with E-state index in [0.29, 0.717) is 11.4 Å². The molecule has 0 fully saturated rings. The molecule has 2 aromatic heterocycles. The molecule has 1 unspecified atom stereocenters. The number of aliphatic hydroxyl groups excluding tert-OH is 1. The summed E-state index contributed by atoms with van der Waals surface area (Å²) in [5.41, 5.74) is 0. The van der Waals surface area contributed by atoms with Gasteiger partial charge in [-0.25, -0.2) is 4.98 Å². The molecule has 0 spiro atoms. The lowest BCUT2D eigenvalue weighted by molar-refractivity contribution is 0.177. The zero-order valence-electron chi connectivity index (χ0n) is 9.51. The van der Waals surface area contributed by atoms with Crippen LogP contribution in [0.4, 0.5) is 0 Å². The molecular formula is C11H14ClN3OS. The lowest BCUT2D eigenvalue weighted by Crippen LogP contribution is -2.09. The summed E-state index contributed by atoms with van der Waals surface area (Å²) in [5.74, 6) is 0.809. The molecule has 17 heavy (non-hydrogen) atoms. The molecule has 0 saturated heterocycles. The van der Waals surface area contributed by atoms with E-state index in [1.807, 2.05) is 10.1 Å². The van der Waals surface area contributed by atoms with Crippen LogP contribution in [-0.4, -0.2) is 19.9 Å². The van der Waals surface area contributed by atoms with Crippen LogP contribution >= 0.6 is 22.9 Å². The van der Waals surface area contributed by atoms with Crippen LogP contribution in [0.3, 0.4) is 0 Å². The number of hydrogen-bond donors (Lipinski definition) is 1. The molecule has 0 saturated carbocycles. The average molecular weight is 272 g/mol. The third-order valence-corrected chi connectivity index (χ3v) is 3.80. The van der Waals surface area contributed by atoms with Gasteiger partial charge >= 0.3 is 0 Å². The van der Waals surface area contributed by atoms with E-state index in [0.717, 1.165) is 23.7 Å². The first-order chi connectivity index (χ1) is 8.20. The summed E-state index contributed by atoms with van der Waals surface area (Å²) in [7, 11) is 0. The van der Waals surface area contributed by atoms with E-state index in [1.165, 1.54) is 17.7 Å². The van der Waals surface area contributed by atoms with Gasteiger partial charge in [-0.3, -0.25) is 4.68 Å². The fourth-order valence-corrected chi connectivity index (χ4v) is 2.69. The molecule has 4 nitrogen and oxygen atoms in total. The van der Waals surface area contributed by atoms with E-state index >= 15 is 0 Å². The Kier molecular flexibility index (Phi) is 4.15. The van der Waals surface area contributed by atoms with Crippen molar-refractivity contribution in [1.82, 2.24) is 14.8 Å². The summed E-state index contributed by atoms with van der Waals surface area (Å²) < 4.78 is 1.83. The number of nitrogens with zero attached hydrogens (tertiary/aromatic N) is 3. The van der Waals surface area contributed by atoms with Crippen molar-refractivity contribution in [3.05, 3.63) is 33.5 Å². The van der Waals surface area contributed by atoms with Crippen LogP contribution in [0, 0.1) is 0 Å². The Bertz CT molecular complexity index is 483. The Morgan fingerprint density at radius 3 is 3.06 bits per heavy atom. The van der Waals surface area contributed by atoms with Crippen LogP contribution in [0.2, 0.25) is 5.02 Å². The molecule has 0 aliphatic heterocycles. The van der Waals surface area contributed by atoms with Crippen LogP contribution in [0.1, 0.15) is 30.2 Å². The number of thiophene rings is 1. The first kappa shape index (κ1) is 12.5. The van der Waals surface area contributed by atoms with Crippen molar-refractivity contribution in [3.63, 3.8) is 0 Å². The predicted molar refractivity (Wildman–Crippen MR) is 68.3 cm³/mol. The van der Waals surface area contributed by atoms with Gasteiger partial charge in [0.1, 0.15) is 12.2 Å². The molecule has 2 heterocycles. The smallest absolute Gasteiger partial charge is 0.138 e. The summed E-state index contributed by atoms with van der Waals surface area (Å²) in [6, 6.07) is 1.79. The second-order valence-electron chi connectivity index (χ2n) is 3.79. The van der Waals surface area contributed by atoms with Gasteiger partial charge in [-0.05, 0) is 12.5 Å². The minimum atomic E-state index is -0.563. The number of aryl methyl sites for hydroxylation is 1. The van der Waals surface area contributed by atoms with Gasteiger partial charge < -0.3 is 5.11 Å². The summed E-state index contributed by atoms with van der Waals surface area (Å²) in [6.45, 7) is 2.91. The van der Waals surface area contributed by atoms with Crippen molar-refractivity contribution >= 4 is 22.9 Å². The number of aliphatic hydroxyl groups is 1. The first-order valence-corrected chi connectivity index (χ1v) is 6.75. The first-order valence-electron chi connectivity index (χ1n) is 5.49. The second kappa shape index (κ2) is 5.62. The highest BCUT2D eigenvalue weighted by atomic mass is 35.5. The van der Waals surface area contributed by atoms with Gasteiger partial charge in [0.05, 0.1) is 11.1 Å². The molecule has 0 radical (unpaired) electrons. The Hall–Kier alpha value is -0.910. The third-order valence-electron chi connectivity index (χ3n) is 2.42. The molecule has 92 valence electrons. The van der Waals surface area contributed by atoms with Gasteiger partial charge in [0, 0.05) is 23.2 Å². The summed E-state index contributed by atoms with van der Waals surface area (Å²) in [4.78, 5) is 5.03. The molecule has 0 aliphatic rings. The molecule has 0 amide bonds. The standard InChI is InChI=1S/C11H14ClN3OS/c1-2-3-15-11(13-7-14-15)5-9(16)10-4-8(12)6-17-10/h4,6-7,9,16H,2-3,5H2,1H3. The highest BCUT2D eigenvalue weighted by molar-refractivity contribution is 7.10. The van der Waals surface area contributed by atoms with E-state index < -0.39 is 6.10 Å². The van der Waals surface area contributed by atoms with Crippen LogP contribution in [0.25, 0.3) is 0 Å². The molecule has 6 heteroatoms. The average Bonchev–Trinajstić information content (AvgIpc) is 2.89. The van der Waals surface area contributed by atoms with Crippen LogP contribution in [0.5, 0.6) is 0 Å². The fourth-order valence-electron chi connectivity index (χ4n) is 1.62. The topological polar surface area (TPSA) is 50.9 Å². The summed E-state index contributed by atoms with van der Waals surface area (Å²) >= 11 is 7.29. The Morgan fingerprint density at radius 2 is 2.41 bits per heavy atom. The molecule has 0 aliphatic carbocycles. The van der Waals surface area contributed by atoms with Crippen LogP contribution in [-0.2, 0) is 13.0 Å². The van der Waals surface area contributed by atoms with E-state index in [4.69, 9.17) is 11.6 Å².